The van der Waals surface area contributed by atoms with Crippen LogP contribution in [0, 0.1) is 0 Å². The Morgan fingerprint density at radius 3 is 2.18 bits per heavy atom. The second-order valence-electron chi connectivity index (χ2n) is 10.7. The number of para-hydroxylation sites is 3. The predicted molar refractivity (Wildman–Crippen MR) is 166 cm³/mol. The molecule has 2 nitrogen and oxygen atoms in total. The van der Waals surface area contributed by atoms with Gasteiger partial charge < -0.3 is 8.98 Å². The van der Waals surface area contributed by atoms with Gasteiger partial charge in [-0.05, 0) is 43.0 Å². The lowest BCUT2D eigenvalue weighted by molar-refractivity contribution is 0.547. The summed E-state index contributed by atoms with van der Waals surface area (Å²) in [5.41, 5.74) is 9.99. The molecule has 4 aromatic carbocycles. The molecule has 0 spiro atoms. The number of nitrogens with zero attached hydrogens (tertiary/aromatic N) is 1. The number of rotatable bonds is 2. The Kier molecular flexibility index (Phi) is 4.47. The van der Waals surface area contributed by atoms with Crippen LogP contribution in [0.25, 0.3) is 71.8 Å². The van der Waals surface area contributed by atoms with Crippen LogP contribution in [0.5, 0.6) is 0 Å². The first-order valence-electron chi connectivity index (χ1n) is 13.8. The summed E-state index contributed by atoms with van der Waals surface area (Å²) in [7, 11) is 0. The predicted octanol–water partition coefficient (Wildman–Crippen LogP) is 10.3. The molecule has 2 aliphatic rings. The van der Waals surface area contributed by atoms with E-state index in [-0.39, 0.29) is 0 Å². The minimum Gasteiger partial charge on any atom is -0.460 e. The van der Waals surface area contributed by atoms with Crippen molar-refractivity contribution in [1.82, 2.24) is 4.57 Å². The molecule has 9 rings (SSSR count). The monoisotopic (exact) mass is 519 g/mol. The Bertz CT molecular complexity index is 2130. The first kappa shape index (κ1) is 21.6. The largest absolute Gasteiger partial charge is 0.460 e. The van der Waals surface area contributed by atoms with Gasteiger partial charge in [0.2, 0.25) is 0 Å². The molecule has 0 bridgehead atoms. The zero-order chi connectivity index (χ0) is 25.5. The molecule has 7 aromatic rings. The number of aromatic nitrogens is 1. The van der Waals surface area contributed by atoms with E-state index in [2.05, 4.69) is 108 Å². The van der Waals surface area contributed by atoms with Gasteiger partial charge in [-0.1, -0.05) is 84.9 Å². The Balaban J connectivity index is 1.26. The first-order chi connectivity index (χ1) is 19.3. The molecule has 0 aliphatic heterocycles. The van der Waals surface area contributed by atoms with Crippen LogP contribution < -0.4 is 0 Å². The Morgan fingerprint density at radius 1 is 0.641 bits per heavy atom. The number of allylic oxidation sites excluding steroid dienone is 2. The Hall–Kier alpha value is -4.34. The summed E-state index contributed by atoms with van der Waals surface area (Å²) in [5.74, 6) is 1.10. The number of benzene rings is 4. The van der Waals surface area contributed by atoms with Crippen molar-refractivity contribution in [3.8, 4) is 11.1 Å². The van der Waals surface area contributed by atoms with Gasteiger partial charge in [-0.25, -0.2) is 0 Å². The lowest BCUT2D eigenvalue weighted by Gasteiger charge is -2.16. The molecule has 0 unspecified atom stereocenters. The zero-order valence-corrected chi connectivity index (χ0v) is 22.2. The number of fused-ring (bicyclic) bond motifs is 9. The molecule has 0 fully saturated rings. The van der Waals surface area contributed by atoms with E-state index in [0.717, 1.165) is 37.0 Å². The summed E-state index contributed by atoms with van der Waals surface area (Å²) in [6.45, 7) is 0. The fraction of sp³-hybridized carbons (Fsp3) is 0.111. The molecule has 0 N–H and O–H groups in total. The number of thiophene rings is 1. The topological polar surface area (TPSA) is 18.1 Å². The Labute approximate surface area is 230 Å². The molecule has 2 aliphatic carbocycles. The molecule has 39 heavy (non-hydrogen) atoms. The van der Waals surface area contributed by atoms with E-state index < -0.39 is 0 Å². The third kappa shape index (κ3) is 3.02. The van der Waals surface area contributed by atoms with Gasteiger partial charge in [0.15, 0.2) is 0 Å². The number of hydrogen-bond acceptors (Lipinski definition) is 2. The van der Waals surface area contributed by atoms with Crippen LogP contribution in [0.1, 0.15) is 34.6 Å². The molecule has 0 saturated carbocycles. The van der Waals surface area contributed by atoms with Crippen LogP contribution in [0.4, 0.5) is 0 Å². The maximum Gasteiger partial charge on any atom is 0.142 e. The third-order valence-corrected chi connectivity index (χ3v) is 9.88. The van der Waals surface area contributed by atoms with Crippen molar-refractivity contribution in [3.63, 3.8) is 0 Å². The fourth-order valence-corrected chi connectivity index (χ4v) is 8.15. The van der Waals surface area contributed by atoms with E-state index >= 15 is 0 Å². The molecule has 3 heteroatoms. The highest BCUT2D eigenvalue weighted by Crippen LogP contribution is 2.45. The van der Waals surface area contributed by atoms with Gasteiger partial charge in [-0.15, -0.1) is 11.3 Å². The molecular formula is C36H25NOS. The molecule has 186 valence electrons. The van der Waals surface area contributed by atoms with Gasteiger partial charge in [0.1, 0.15) is 11.3 Å². The van der Waals surface area contributed by atoms with Crippen LogP contribution in [-0.2, 0) is 12.8 Å². The number of hydrogen-bond donors (Lipinski definition) is 0. The number of aryl methyl sites for hydroxylation is 2. The van der Waals surface area contributed by atoms with Crippen LogP contribution in [-0.4, -0.2) is 4.57 Å². The standard InChI is InChI=1S/C36H25NOS/c1-4-16-31-23(9-1)24-10-2-5-17-32(24)37(31)22-19-20-33-30(21-22)27-13-7-12-26(35(27)38-33)29-15-8-14-28-25-11-3-6-18-34(25)39-36(28)29/h1-5,7-17,21H,6,18-20H2. The zero-order valence-electron chi connectivity index (χ0n) is 21.4. The lowest BCUT2D eigenvalue weighted by Crippen LogP contribution is -2.03. The summed E-state index contributed by atoms with van der Waals surface area (Å²) in [5, 5.41) is 5.19. The maximum absolute atomic E-state index is 6.70. The SMILES string of the molecule is C1=Cc2c(sc3c(-c4cccc5c6c(oc45)CCC(n4c5ccccc5c5ccccc54)=C6)cccc23)CC1. The summed E-state index contributed by atoms with van der Waals surface area (Å²) < 4.78 is 10.5. The van der Waals surface area contributed by atoms with Gasteiger partial charge in [0.05, 0.1) is 11.0 Å². The van der Waals surface area contributed by atoms with Crippen LogP contribution in [0.2, 0.25) is 0 Å². The second-order valence-corrected chi connectivity index (χ2v) is 11.8. The molecule has 0 amide bonds. The van der Waals surface area contributed by atoms with E-state index in [0.29, 0.717) is 0 Å². The van der Waals surface area contributed by atoms with Gasteiger partial charge in [0, 0.05) is 59.9 Å². The average molecular weight is 520 g/mol. The summed E-state index contributed by atoms with van der Waals surface area (Å²) in [6.07, 6.45) is 11.1. The molecule has 3 aromatic heterocycles. The minimum atomic E-state index is 0.901. The highest BCUT2D eigenvalue weighted by atomic mass is 32.1. The fourth-order valence-electron chi connectivity index (χ4n) is 6.82. The second kappa shape index (κ2) is 8.08. The van der Waals surface area contributed by atoms with E-state index in [1.165, 1.54) is 70.1 Å². The van der Waals surface area contributed by atoms with Crippen LogP contribution >= 0.6 is 11.3 Å². The maximum atomic E-state index is 6.70. The smallest absolute Gasteiger partial charge is 0.142 e. The summed E-state index contributed by atoms with van der Waals surface area (Å²) in [6, 6.07) is 30.9. The van der Waals surface area contributed by atoms with Crippen molar-refractivity contribution in [3.05, 3.63) is 113 Å². The van der Waals surface area contributed by atoms with Crippen molar-refractivity contribution in [1.29, 1.82) is 0 Å². The Morgan fingerprint density at radius 2 is 1.36 bits per heavy atom. The van der Waals surface area contributed by atoms with Gasteiger partial charge in [-0.2, -0.15) is 0 Å². The normalized spacial score (nSPS) is 14.8. The minimum absolute atomic E-state index is 0.901. The van der Waals surface area contributed by atoms with E-state index in [1.54, 1.807) is 0 Å². The molecule has 0 radical (unpaired) electrons. The molecule has 3 heterocycles. The summed E-state index contributed by atoms with van der Waals surface area (Å²) in [4.78, 5) is 1.50. The van der Waals surface area contributed by atoms with Crippen molar-refractivity contribution in [2.24, 2.45) is 0 Å². The third-order valence-electron chi connectivity index (χ3n) is 8.56. The van der Waals surface area contributed by atoms with Crippen molar-refractivity contribution >= 4 is 72.0 Å². The average Bonchev–Trinajstić information content (AvgIpc) is 3.66. The van der Waals surface area contributed by atoms with E-state index in [9.17, 15) is 0 Å². The van der Waals surface area contributed by atoms with Crippen LogP contribution in [0.3, 0.4) is 0 Å². The molecule has 0 saturated heterocycles. The first-order valence-corrected chi connectivity index (χ1v) is 14.6. The highest BCUT2D eigenvalue weighted by molar-refractivity contribution is 7.20. The van der Waals surface area contributed by atoms with Gasteiger partial charge >= 0.3 is 0 Å². The highest BCUT2D eigenvalue weighted by Gasteiger charge is 2.24. The lowest BCUT2D eigenvalue weighted by atomic mass is 9.96. The van der Waals surface area contributed by atoms with Gasteiger partial charge in [-0.3, -0.25) is 0 Å². The van der Waals surface area contributed by atoms with E-state index in [1.807, 2.05) is 11.3 Å². The number of furan rings is 1. The molecular weight excluding hydrogens is 494 g/mol. The van der Waals surface area contributed by atoms with Crippen molar-refractivity contribution < 1.29 is 4.42 Å². The summed E-state index contributed by atoms with van der Waals surface area (Å²) >= 11 is 1.96. The molecule has 0 atom stereocenters. The van der Waals surface area contributed by atoms with Crippen molar-refractivity contribution in [2.75, 3.05) is 0 Å². The van der Waals surface area contributed by atoms with Crippen LogP contribution in [0.15, 0.2) is 95.4 Å². The quantitative estimate of drug-likeness (QED) is 0.222. The van der Waals surface area contributed by atoms with Crippen molar-refractivity contribution in [2.45, 2.75) is 25.7 Å². The van der Waals surface area contributed by atoms with Gasteiger partial charge in [0.25, 0.3) is 0 Å². The van der Waals surface area contributed by atoms with E-state index in [4.69, 9.17) is 4.42 Å².